The molecule has 0 saturated heterocycles. The molecule has 0 amide bonds. The molecule has 25 heavy (non-hydrogen) atoms. The molecule has 2 heterocycles. The Labute approximate surface area is 147 Å². The quantitative estimate of drug-likeness (QED) is 0.758. The van der Waals surface area contributed by atoms with Gasteiger partial charge in [-0.2, -0.15) is 0 Å². The van der Waals surface area contributed by atoms with Crippen molar-refractivity contribution in [1.29, 1.82) is 0 Å². The minimum Gasteiger partial charge on any atom is -0.508 e. The second-order valence-electron chi connectivity index (χ2n) is 6.38. The number of aromatic nitrogens is 1. The molecular weight excluding hydrogens is 308 g/mol. The Morgan fingerprint density at radius 3 is 2.52 bits per heavy atom. The van der Waals surface area contributed by atoms with E-state index in [-0.39, 0.29) is 0 Å². The molecule has 1 aliphatic rings. The molecule has 1 aromatic heterocycles. The summed E-state index contributed by atoms with van der Waals surface area (Å²) in [5.41, 5.74) is 6.65. The van der Waals surface area contributed by atoms with E-state index < -0.39 is 0 Å². The zero-order chi connectivity index (χ0) is 17.1. The number of aryl methyl sites for hydroxylation is 2. The minimum atomic E-state index is 0.387. The van der Waals surface area contributed by atoms with Crippen molar-refractivity contribution >= 4 is 5.71 Å². The van der Waals surface area contributed by atoms with Crippen molar-refractivity contribution in [2.45, 2.75) is 25.8 Å². The van der Waals surface area contributed by atoms with Crippen molar-refractivity contribution in [3.05, 3.63) is 94.8 Å². The first-order valence-corrected chi connectivity index (χ1v) is 8.65. The van der Waals surface area contributed by atoms with E-state index in [9.17, 15) is 5.11 Å². The average Bonchev–Trinajstić information content (AvgIpc) is 3.06. The molecular formula is C22H20N2O. The summed E-state index contributed by atoms with van der Waals surface area (Å²) in [7, 11) is 0. The summed E-state index contributed by atoms with van der Waals surface area (Å²) in [5.74, 6) is 0.387. The van der Waals surface area contributed by atoms with Gasteiger partial charge >= 0.3 is 0 Å². The number of fused-ring (bicyclic) bond motifs is 1. The summed E-state index contributed by atoms with van der Waals surface area (Å²) in [6.45, 7) is 0.630. The summed E-state index contributed by atoms with van der Waals surface area (Å²) in [6.07, 6.45) is 6.46. The predicted octanol–water partition coefficient (Wildman–Crippen LogP) is 4.31. The molecule has 0 saturated carbocycles. The van der Waals surface area contributed by atoms with E-state index >= 15 is 0 Å². The Kier molecular flexibility index (Phi) is 4.30. The van der Waals surface area contributed by atoms with Gasteiger partial charge in [0.1, 0.15) is 5.75 Å². The van der Waals surface area contributed by atoms with E-state index in [0.29, 0.717) is 12.3 Å². The minimum absolute atomic E-state index is 0.387. The number of hydrogen-bond acceptors (Lipinski definition) is 3. The van der Waals surface area contributed by atoms with Crippen molar-refractivity contribution in [2.75, 3.05) is 0 Å². The van der Waals surface area contributed by atoms with E-state index in [4.69, 9.17) is 0 Å². The first kappa shape index (κ1) is 15.6. The van der Waals surface area contributed by atoms with Crippen LogP contribution in [0, 0.1) is 0 Å². The number of phenolic OH excluding ortho intramolecular Hbond substituents is 1. The maximum Gasteiger partial charge on any atom is 0.119 e. The van der Waals surface area contributed by atoms with Crippen LogP contribution in [0.25, 0.3) is 0 Å². The smallest absolute Gasteiger partial charge is 0.119 e. The molecule has 4 rings (SSSR count). The number of aliphatic imine (C=N–C) groups is 1. The summed E-state index contributed by atoms with van der Waals surface area (Å²) in [6, 6.07) is 18.4. The fourth-order valence-electron chi connectivity index (χ4n) is 3.36. The highest BCUT2D eigenvalue weighted by Gasteiger charge is 2.19. The van der Waals surface area contributed by atoms with Crippen LogP contribution in [0.1, 0.15) is 34.2 Å². The molecule has 3 nitrogen and oxygen atoms in total. The third-order valence-corrected chi connectivity index (χ3v) is 4.68. The van der Waals surface area contributed by atoms with Crippen molar-refractivity contribution < 1.29 is 5.11 Å². The van der Waals surface area contributed by atoms with Crippen LogP contribution in [-0.4, -0.2) is 15.8 Å². The van der Waals surface area contributed by atoms with Gasteiger partial charge in [0.15, 0.2) is 0 Å². The Bertz CT molecular complexity index is 902. The van der Waals surface area contributed by atoms with Crippen LogP contribution >= 0.6 is 0 Å². The first-order chi connectivity index (χ1) is 12.3. The average molecular weight is 328 g/mol. The van der Waals surface area contributed by atoms with Crippen LogP contribution in [0.3, 0.4) is 0 Å². The molecule has 0 fully saturated rings. The Morgan fingerprint density at radius 2 is 1.72 bits per heavy atom. The van der Waals surface area contributed by atoms with Crippen LogP contribution in [0.4, 0.5) is 0 Å². The number of pyridine rings is 1. The fourth-order valence-corrected chi connectivity index (χ4v) is 3.36. The lowest BCUT2D eigenvalue weighted by Gasteiger charge is -2.10. The normalized spacial score (nSPS) is 12.7. The zero-order valence-electron chi connectivity index (χ0n) is 14.0. The molecule has 0 unspecified atom stereocenters. The molecule has 0 radical (unpaired) electrons. The Balaban J connectivity index is 1.54. The third-order valence-electron chi connectivity index (χ3n) is 4.68. The highest BCUT2D eigenvalue weighted by Crippen LogP contribution is 2.30. The van der Waals surface area contributed by atoms with Gasteiger partial charge in [0.05, 0.1) is 12.3 Å². The van der Waals surface area contributed by atoms with Crippen LogP contribution in [0.5, 0.6) is 5.75 Å². The van der Waals surface area contributed by atoms with E-state index in [2.05, 4.69) is 40.3 Å². The summed E-state index contributed by atoms with van der Waals surface area (Å²) in [5, 5.41) is 10.4. The monoisotopic (exact) mass is 328 g/mol. The van der Waals surface area contributed by atoms with E-state index in [1.165, 1.54) is 5.56 Å². The van der Waals surface area contributed by atoms with E-state index in [1.807, 2.05) is 24.3 Å². The first-order valence-electron chi connectivity index (χ1n) is 8.65. The van der Waals surface area contributed by atoms with Crippen molar-refractivity contribution in [3.8, 4) is 5.75 Å². The molecule has 3 aromatic rings. The number of phenols is 1. The molecule has 1 aliphatic heterocycles. The number of rotatable bonds is 5. The molecule has 124 valence electrons. The van der Waals surface area contributed by atoms with Gasteiger partial charge in [-0.3, -0.25) is 9.98 Å². The molecule has 0 aliphatic carbocycles. The number of nitrogens with zero attached hydrogens (tertiary/aromatic N) is 2. The third kappa shape index (κ3) is 3.31. The van der Waals surface area contributed by atoms with Crippen molar-refractivity contribution in [3.63, 3.8) is 0 Å². The highest BCUT2D eigenvalue weighted by atomic mass is 16.3. The van der Waals surface area contributed by atoms with Gasteiger partial charge in [-0.05, 0) is 60.2 Å². The molecule has 1 N–H and O–H groups in total. The van der Waals surface area contributed by atoms with E-state index in [0.717, 1.165) is 47.2 Å². The lowest BCUT2D eigenvalue weighted by atomic mass is 9.95. The van der Waals surface area contributed by atoms with Gasteiger partial charge < -0.3 is 5.11 Å². The molecule has 3 heteroatoms. The maximum atomic E-state index is 10.4. The predicted molar refractivity (Wildman–Crippen MR) is 100 cm³/mol. The second-order valence-corrected chi connectivity index (χ2v) is 6.38. The van der Waals surface area contributed by atoms with Gasteiger partial charge in [-0.15, -0.1) is 0 Å². The van der Waals surface area contributed by atoms with Gasteiger partial charge in [-0.1, -0.05) is 30.3 Å². The zero-order valence-corrected chi connectivity index (χ0v) is 14.0. The Morgan fingerprint density at radius 1 is 0.920 bits per heavy atom. The van der Waals surface area contributed by atoms with Crippen LogP contribution in [0.15, 0.2) is 72.0 Å². The van der Waals surface area contributed by atoms with Crippen LogP contribution in [-0.2, 0) is 19.4 Å². The summed E-state index contributed by atoms with van der Waals surface area (Å²) >= 11 is 0. The molecule has 0 atom stereocenters. The number of benzene rings is 2. The number of aromatic hydroxyl groups is 1. The maximum absolute atomic E-state index is 10.4. The van der Waals surface area contributed by atoms with Crippen molar-refractivity contribution in [1.82, 2.24) is 4.98 Å². The van der Waals surface area contributed by atoms with Gasteiger partial charge in [0.25, 0.3) is 0 Å². The van der Waals surface area contributed by atoms with Crippen LogP contribution < -0.4 is 0 Å². The van der Waals surface area contributed by atoms with Crippen molar-refractivity contribution in [2.24, 2.45) is 4.99 Å². The molecule has 2 aromatic carbocycles. The summed E-state index contributed by atoms with van der Waals surface area (Å²) < 4.78 is 0. The lowest BCUT2D eigenvalue weighted by molar-refractivity contribution is 0.466. The molecule has 0 bridgehead atoms. The largest absolute Gasteiger partial charge is 0.508 e. The van der Waals surface area contributed by atoms with Gasteiger partial charge in [0, 0.05) is 23.5 Å². The van der Waals surface area contributed by atoms with Gasteiger partial charge in [0.2, 0.25) is 0 Å². The van der Waals surface area contributed by atoms with Gasteiger partial charge in [-0.25, -0.2) is 0 Å². The lowest BCUT2D eigenvalue weighted by Crippen LogP contribution is -2.02. The number of hydrogen-bond donors (Lipinski definition) is 1. The topological polar surface area (TPSA) is 45.5 Å². The fraction of sp³-hybridized carbons (Fsp3) is 0.182. The van der Waals surface area contributed by atoms with Crippen LogP contribution in [0.2, 0.25) is 0 Å². The Hall–Kier alpha value is -2.94. The summed E-state index contributed by atoms with van der Waals surface area (Å²) in [4.78, 5) is 8.74. The highest BCUT2D eigenvalue weighted by molar-refractivity contribution is 6.15. The SMILES string of the molecule is Oc1cc2c(cc1CCCc1ccccc1)C(c1ccncc1)=NC2. The standard InChI is InChI=1S/C22H20N2O/c25-21-14-19-15-24-22(17-9-11-23-12-10-17)20(19)13-18(21)8-4-7-16-5-2-1-3-6-16/h1-3,5-6,9-14,25H,4,7-8,15H2. The van der Waals surface area contributed by atoms with E-state index in [1.54, 1.807) is 12.4 Å². The second kappa shape index (κ2) is 6.89. The molecule has 0 spiro atoms.